The lowest BCUT2D eigenvalue weighted by Gasteiger charge is -2.24. The van der Waals surface area contributed by atoms with E-state index in [9.17, 15) is 24.0 Å². The summed E-state index contributed by atoms with van der Waals surface area (Å²) in [5, 5.41) is 17.4. The lowest BCUT2D eigenvalue weighted by molar-refractivity contribution is -0.137. The van der Waals surface area contributed by atoms with E-state index >= 15 is 0 Å². The minimum Gasteiger partial charge on any atom is -0.481 e. The van der Waals surface area contributed by atoms with E-state index in [0.717, 1.165) is 0 Å². The monoisotopic (exact) mass is 468 g/mol. The highest BCUT2D eigenvalue weighted by Gasteiger charge is 2.29. The Labute approximate surface area is 193 Å². The highest BCUT2D eigenvalue weighted by Crippen LogP contribution is 2.18. The number of Topliss-reactive ketones (excluding diaryl/α,β-unsaturated/α-hetero) is 1. The first-order valence-corrected chi connectivity index (χ1v) is 11.2. The van der Waals surface area contributed by atoms with Crippen LogP contribution in [0.15, 0.2) is 5.11 Å². The quantitative estimate of drug-likeness (QED) is 0.0961. The van der Waals surface area contributed by atoms with Gasteiger partial charge in [-0.05, 0) is 37.1 Å². The maximum Gasteiger partial charge on any atom is 0.303 e. The van der Waals surface area contributed by atoms with E-state index in [1.165, 1.54) is 0 Å². The van der Waals surface area contributed by atoms with Crippen molar-refractivity contribution in [3.63, 3.8) is 0 Å². The van der Waals surface area contributed by atoms with Gasteiger partial charge in [0.05, 0.1) is 0 Å². The molecule has 0 aliphatic heterocycles. The van der Waals surface area contributed by atoms with Crippen molar-refractivity contribution in [1.29, 1.82) is 0 Å². The summed E-state index contributed by atoms with van der Waals surface area (Å²) >= 11 is 0. The van der Waals surface area contributed by atoms with E-state index in [0.29, 0.717) is 19.3 Å². The number of aliphatic carboxylic acids is 1. The molecule has 12 nitrogen and oxygen atoms in total. The van der Waals surface area contributed by atoms with Crippen molar-refractivity contribution in [3.8, 4) is 0 Å². The molecule has 0 aromatic rings. The van der Waals surface area contributed by atoms with E-state index in [4.69, 9.17) is 16.4 Å². The molecule has 0 aliphatic carbocycles. The van der Waals surface area contributed by atoms with Gasteiger partial charge in [-0.3, -0.25) is 24.0 Å². The van der Waals surface area contributed by atoms with Crippen LogP contribution in [0.3, 0.4) is 0 Å². The topological polar surface area (TPSA) is 204 Å². The Hall–Kier alpha value is -3.14. The molecule has 0 saturated carbocycles. The Kier molecular flexibility index (Phi) is 15.8. The summed E-state index contributed by atoms with van der Waals surface area (Å²) in [7, 11) is 0. The first kappa shape index (κ1) is 29.9. The fourth-order valence-corrected chi connectivity index (χ4v) is 3.14. The number of ketones is 1. The molecule has 0 radical (unpaired) electrons. The number of unbranched alkanes of at least 4 members (excludes halogenated alkanes) is 1. The van der Waals surface area contributed by atoms with E-state index in [1.807, 2.05) is 13.8 Å². The van der Waals surface area contributed by atoms with Gasteiger partial charge in [-0.15, -0.1) is 0 Å². The van der Waals surface area contributed by atoms with Gasteiger partial charge in [0.2, 0.25) is 17.7 Å². The molecule has 0 fully saturated rings. The van der Waals surface area contributed by atoms with Gasteiger partial charge in [0, 0.05) is 49.6 Å². The summed E-state index contributed by atoms with van der Waals surface area (Å²) in [5.74, 6) is -3.21. The van der Waals surface area contributed by atoms with Crippen molar-refractivity contribution in [2.75, 3.05) is 13.1 Å². The van der Waals surface area contributed by atoms with Crippen LogP contribution in [0.1, 0.15) is 71.6 Å². The lowest BCUT2D eigenvalue weighted by atomic mass is 9.88. The molecule has 3 amide bonds. The van der Waals surface area contributed by atoms with Gasteiger partial charge in [-0.2, -0.15) is 0 Å². The van der Waals surface area contributed by atoms with Crippen LogP contribution in [0.2, 0.25) is 0 Å². The Morgan fingerprint density at radius 2 is 1.70 bits per heavy atom. The van der Waals surface area contributed by atoms with Gasteiger partial charge in [-0.25, -0.2) is 0 Å². The molecular weight excluding hydrogens is 432 g/mol. The first-order chi connectivity index (χ1) is 15.6. The molecule has 0 rings (SSSR count). The van der Waals surface area contributed by atoms with E-state index in [1.54, 1.807) is 0 Å². The molecule has 33 heavy (non-hydrogen) atoms. The minimum absolute atomic E-state index is 0.00833. The number of hydrogen-bond donors (Lipinski definition) is 4. The Bertz CT molecular complexity index is 720. The predicted octanol–water partition coefficient (Wildman–Crippen LogP) is 1.82. The average Bonchev–Trinajstić information content (AvgIpc) is 2.73. The predicted molar refractivity (Wildman–Crippen MR) is 121 cm³/mol. The fraction of sp³-hybridized carbons (Fsp3) is 0.762. The van der Waals surface area contributed by atoms with Crippen LogP contribution in [0.25, 0.3) is 10.4 Å². The van der Waals surface area contributed by atoms with Crippen molar-refractivity contribution in [1.82, 2.24) is 10.6 Å². The second kappa shape index (κ2) is 17.4. The van der Waals surface area contributed by atoms with Gasteiger partial charge in [-0.1, -0.05) is 25.4 Å². The number of nitrogens with zero attached hydrogens (tertiary/aromatic N) is 3. The number of hydrogen-bond acceptors (Lipinski definition) is 6. The van der Waals surface area contributed by atoms with Gasteiger partial charge in [0.25, 0.3) is 0 Å². The molecule has 0 unspecified atom stereocenters. The average molecular weight is 469 g/mol. The largest absolute Gasteiger partial charge is 0.481 e. The van der Waals surface area contributed by atoms with Gasteiger partial charge >= 0.3 is 5.97 Å². The molecule has 0 bridgehead atoms. The summed E-state index contributed by atoms with van der Waals surface area (Å²) in [6, 6.07) is -0.878. The molecule has 0 aromatic carbocycles. The number of nitrogens with two attached hydrogens (primary N) is 1. The van der Waals surface area contributed by atoms with Crippen molar-refractivity contribution in [2.45, 2.75) is 77.7 Å². The fourth-order valence-electron chi connectivity index (χ4n) is 3.14. The van der Waals surface area contributed by atoms with Crippen molar-refractivity contribution in [3.05, 3.63) is 10.4 Å². The normalized spacial score (nSPS) is 12.3. The number of amides is 3. The number of carbonyl (C=O) groups is 5. The molecule has 0 aromatic heterocycles. The Balaban J connectivity index is 5.03. The standard InChI is InChI=1S/C21H36N6O6/c1-14(2)16(13-15(28)7-5-12-25-27-23)20(32)26-17(8-3-4-9-18(22)29)21(33)24-11-6-10-19(30)31/h14,16-17H,3-13H2,1-2H3,(H2,22,29)(H,24,33)(H,26,32)(H,30,31)/t16-,17+/m1/s1. The number of nitrogens with one attached hydrogen (secondary N) is 2. The smallest absolute Gasteiger partial charge is 0.303 e. The molecule has 0 heterocycles. The first-order valence-electron chi connectivity index (χ1n) is 11.2. The zero-order chi connectivity index (χ0) is 25.2. The molecule has 0 spiro atoms. The number of carboxylic acids is 1. The maximum absolute atomic E-state index is 12.9. The highest BCUT2D eigenvalue weighted by atomic mass is 16.4. The summed E-state index contributed by atoms with van der Waals surface area (Å²) in [5.41, 5.74) is 13.4. The van der Waals surface area contributed by atoms with Crippen LogP contribution in [0.4, 0.5) is 0 Å². The molecule has 186 valence electrons. The highest BCUT2D eigenvalue weighted by molar-refractivity contribution is 5.91. The summed E-state index contributed by atoms with van der Waals surface area (Å²) in [6.45, 7) is 3.98. The van der Waals surface area contributed by atoms with Crippen LogP contribution in [0, 0.1) is 11.8 Å². The van der Waals surface area contributed by atoms with Crippen molar-refractivity contribution < 1.29 is 29.1 Å². The van der Waals surface area contributed by atoms with Crippen LogP contribution in [-0.2, 0) is 24.0 Å². The zero-order valence-corrected chi connectivity index (χ0v) is 19.4. The van der Waals surface area contributed by atoms with Crippen molar-refractivity contribution in [2.24, 2.45) is 22.7 Å². The lowest BCUT2D eigenvalue weighted by Crippen LogP contribution is -2.49. The van der Waals surface area contributed by atoms with Gasteiger partial charge in [0.1, 0.15) is 11.8 Å². The summed E-state index contributed by atoms with van der Waals surface area (Å²) in [6.07, 6.45) is 2.14. The maximum atomic E-state index is 12.9. The molecule has 12 heteroatoms. The molecule has 5 N–H and O–H groups in total. The Morgan fingerprint density at radius 3 is 2.27 bits per heavy atom. The number of azide groups is 1. The van der Waals surface area contributed by atoms with Gasteiger partial charge in [0.15, 0.2) is 0 Å². The minimum atomic E-state index is -0.968. The number of rotatable bonds is 19. The van der Waals surface area contributed by atoms with Crippen LogP contribution in [-0.4, -0.2) is 53.7 Å². The number of carbonyl (C=O) groups excluding carboxylic acids is 4. The third-order valence-corrected chi connectivity index (χ3v) is 5.03. The third-order valence-electron chi connectivity index (χ3n) is 5.03. The Morgan fingerprint density at radius 1 is 1.00 bits per heavy atom. The van der Waals surface area contributed by atoms with Crippen LogP contribution >= 0.6 is 0 Å². The van der Waals surface area contributed by atoms with Crippen molar-refractivity contribution >= 4 is 29.5 Å². The number of carboxylic acid groups (broad SMARTS) is 1. The molecule has 0 saturated heterocycles. The molecular formula is C21H36N6O6. The second-order valence-corrected chi connectivity index (χ2v) is 8.21. The number of primary amides is 1. The van der Waals surface area contributed by atoms with Gasteiger partial charge < -0.3 is 21.5 Å². The SMILES string of the molecule is CC(C)[C@@H](CC(=O)CCCN=[N+]=[N-])C(=O)N[C@@H](CCCCC(N)=O)C(=O)NCCCC(=O)O. The van der Waals surface area contributed by atoms with E-state index < -0.39 is 35.7 Å². The molecule has 2 atom stereocenters. The van der Waals surface area contributed by atoms with E-state index in [-0.39, 0.29) is 63.3 Å². The zero-order valence-electron chi connectivity index (χ0n) is 19.4. The van der Waals surface area contributed by atoms with Crippen LogP contribution < -0.4 is 16.4 Å². The molecule has 0 aliphatic rings. The van der Waals surface area contributed by atoms with E-state index in [2.05, 4.69) is 20.7 Å². The third kappa shape index (κ3) is 15.3. The summed E-state index contributed by atoms with van der Waals surface area (Å²) < 4.78 is 0. The van der Waals surface area contributed by atoms with Crippen LogP contribution in [0.5, 0.6) is 0 Å². The summed E-state index contributed by atoms with van der Waals surface area (Å²) in [4.78, 5) is 62.0. The second-order valence-electron chi connectivity index (χ2n) is 8.21.